The standard InChI is InChI=1S/C18H24N4OS/c1-13-10-19-17(24-13)21-16(23)20-12-18(2,3)22-9-8-14-6-4-5-7-15(14)11-22/h4-7,10H,8-9,11-12H2,1-3H3,(H2,19,20,21,23). The lowest BCUT2D eigenvalue weighted by Crippen LogP contribution is -2.53. The van der Waals surface area contributed by atoms with E-state index in [9.17, 15) is 4.79 Å². The Morgan fingerprint density at radius 2 is 2.08 bits per heavy atom. The Balaban J connectivity index is 1.55. The quantitative estimate of drug-likeness (QED) is 0.894. The number of urea groups is 1. The summed E-state index contributed by atoms with van der Waals surface area (Å²) in [5.74, 6) is 0. The molecule has 2 aromatic rings. The first-order valence-electron chi connectivity index (χ1n) is 8.23. The molecule has 0 bridgehead atoms. The normalized spacial score (nSPS) is 15.0. The molecule has 0 radical (unpaired) electrons. The largest absolute Gasteiger partial charge is 0.336 e. The molecule has 128 valence electrons. The number of anilines is 1. The van der Waals surface area contributed by atoms with Crippen LogP contribution in [0.1, 0.15) is 29.9 Å². The summed E-state index contributed by atoms with van der Waals surface area (Å²) in [6.45, 7) is 8.85. The number of aromatic nitrogens is 1. The van der Waals surface area contributed by atoms with Crippen LogP contribution in [0, 0.1) is 6.92 Å². The number of carbonyl (C=O) groups excluding carboxylic acids is 1. The number of hydrogen-bond acceptors (Lipinski definition) is 4. The molecule has 0 aliphatic carbocycles. The van der Waals surface area contributed by atoms with Crippen LogP contribution < -0.4 is 10.6 Å². The number of nitrogens with zero attached hydrogens (tertiary/aromatic N) is 2. The molecule has 0 unspecified atom stereocenters. The SMILES string of the molecule is Cc1cnc(NC(=O)NCC(C)(C)N2CCc3ccccc3C2)s1. The first-order chi connectivity index (χ1) is 11.4. The Bertz CT molecular complexity index is 725. The summed E-state index contributed by atoms with van der Waals surface area (Å²) in [5, 5.41) is 6.40. The van der Waals surface area contributed by atoms with E-state index in [1.54, 1.807) is 6.20 Å². The van der Waals surface area contributed by atoms with Crippen LogP contribution in [-0.4, -0.2) is 34.5 Å². The molecule has 1 aromatic heterocycles. The van der Waals surface area contributed by atoms with Gasteiger partial charge < -0.3 is 5.32 Å². The van der Waals surface area contributed by atoms with Gasteiger partial charge in [-0.1, -0.05) is 24.3 Å². The third-order valence-electron chi connectivity index (χ3n) is 4.51. The van der Waals surface area contributed by atoms with Crippen LogP contribution in [0.2, 0.25) is 0 Å². The second kappa shape index (κ2) is 6.91. The highest BCUT2D eigenvalue weighted by atomic mass is 32.1. The fourth-order valence-corrected chi connectivity index (χ4v) is 3.63. The van der Waals surface area contributed by atoms with Crippen LogP contribution in [0.4, 0.5) is 9.93 Å². The van der Waals surface area contributed by atoms with Crippen molar-refractivity contribution in [3.05, 3.63) is 46.5 Å². The van der Waals surface area contributed by atoms with Gasteiger partial charge in [-0.2, -0.15) is 0 Å². The maximum atomic E-state index is 12.1. The lowest BCUT2D eigenvalue weighted by atomic mass is 9.94. The molecule has 6 heteroatoms. The first kappa shape index (κ1) is 16.9. The second-order valence-corrected chi connectivity index (χ2v) is 8.07. The molecule has 0 atom stereocenters. The molecule has 2 amide bonds. The maximum Gasteiger partial charge on any atom is 0.321 e. The number of nitrogens with one attached hydrogen (secondary N) is 2. The van der Waals surface area contributed by atoms with Gasteiger partial charge in [-0.15, -0.1) is 11.3 Å². The molecule has 0 fully saturated rings. The molecular weight excluding hydrogens is 320 g/mol. The van der Waals surface area contributed by atoms with E-state index >= 15 is 0 Å². The molecular formula is C18H24N4OS. The molecule has 0 saturated carbocycles. The number of aryl methyl sites for hydroxylation is 1. The molecule has 24 heavy (non-hydrogen) atoms. The monoisotopic (exact) mass is 344 g/mol. The summed E-state index contributed by atoms with van der Waals surface area (Å²) in [4.78, 5) is 19.7. The van der Waals surface area contributed by atoms with Gasteiger partial charge in [-0.3, -0.25) is 10.2 Å². The number of fused-ring (bicyclic) bond motifs is 1. The molecule has 0 saturated heterocycles. The summed E-state index contributed by atoms with van der Waals surface area (Å²) >= 11 is 1.48. The Labute approximate surface area is 147 Å². The Morgan fingerprint density at radius 3 is 2.79 bits per heavy atom. The molecule has 5 nitrogen and oxygen atoms in total. The van der Waals surface area contributed by atoms with Crippen molar-refractivity contribution in [1.82, 2.24) is 15.2 Å². The molecule has 2 heterocycles. The molecule has 0 spiro atoms. The summed E-state index contributed by atoms with van der Waals surface area (Å²) < 4.78 is 0. The summed E-state index contributed by atoms with van der Waals surface area (Å²) in [6.07, 6.45) is 2.82. The van der Waals surface area contributed by atoms with Gasteiger partial charge in [0.2, 0.25) is 0 Å². The lowest BCUT2D eigenvalue weighted by molar-refractivity contribution is 0.105. The van der Waals surface area contributed by atoms with Crippen molar-refractivity contribution in [3.63, 3.8) is 0 Å². The van der Waals surface area contributed by atoms with Crippen molar-refractivity contribution < 1.29 is 4.79 Å². The topological polar surface area (TPSA) is 57.3 Å². The number of amides is 2. The van der Waals surface area contributed by atoms with Crippen molar-refractivity contribution in [2.45, 2.75) is 39.3 Å². The average Bonchev–Trinajstić information content (AvgIpc) is 2.97. The third-order valence-corrected chi connectivity index (χ3v) is 5.34. The number of rotatable bonds is 4. The predicted octanol–water partition coefficient (Wildman–Crippen LogP) is 3.41. The zero-order valence-electron chi connectivity index (χ0n) is 14.4. The second-order valence-electron chi connectivity index (χ2n) is 6.84. The van der Waals surface area contributed by atoms with Crippen LogP contribution in [0.15, 0.2) is 30.5 Å². The van der Waals surface area contributed by atoms with Gasteiger partial charge in [0.1, 0.15) is 0 Å². The zero-order valence-corrected chi connectivity index (χ0v) is 15.2. The van der Waals surface area contributed by atoms with Crippen molar-refractivity contribution in [2.75, 3.05) is 18.4 Å². The van der Waals surface area contributed by atoms with Gasteiger partial charge in [0.05, 0.1) is 0 Å². The Hall–Kier alpha value is -1.92. The van der Waals surface area contributed by atoms with Gasteiger partial charge in [0.25, 0.3) is 0 Å². The van der Waals surface area contributed by atoms with Crippen LogP contribution in [0.5, 0.6) is 0 Å². The minimum Gasteiger partial charge on any atom is -0.336 e. The van der Waals surface area contributed by atoms with E-state index in [0.29, 0.717) is 11.7 Å². The van der Waals surface area contributed by atoms with Gasteiger partial charge in [0.15, 0.2) is 5.13 Å². The van der Waals surface area contributed by atoms with E-state index in [1.807, 2.05) is 6.92 Å². The number of carbonyl (C=O) groups is 1. The highest BCUT2D eigenvalue weighted by Crippen LogP contribution is 2.25. The highest BCUT2D eigenvalue weighted by Gasteiger charge is 2.30. The summed E-state index contributed by atoms with van der Waals surface area (Å²) in [6, 6.07) is 8.40. The van der Waals surface area contributed by atoms with E-state index < -0.39 is 0 Å². The summed E-state index contributed by atoms with van der Waals surface area (Å²) in [7, 11) is 0. The van der Waals surface area contributed by atoms with Crippen molar-refractivity contribution in [3.8, 4) is 0 Å². The van der Waals surface area contributed by atoms with Crippen LogP contribution in [-0.2, 0) is 13.0 Å². The van der Waals surface area contributed by atoms with E-state index in [0.717, 1.165) is 24.4 Å². The van der Waals surface area contributed by atoms with E-state index in [-0.39, 0.29) is 11.6 Å². The lowest BCUT2D eigenvalue weighted by Gasteiger charge is -2.41. The van der Waals surface area contributed by atoms with E-state index in [4.69, 9.17) is 0 Å². The van der Waals surface area contributed by atoms with E-state index in [1.165, 1.54) is 22.5 Å². The average molecular weight is 344 g/mol. The van der Waals surface area contributed by atoms with E-state index in [2.05, 4.69) is 58.6 Å². The number of hydrogen-bond donors (Lipinski definition) is 2. The van der Waals surface area contributed by atoms with Gasteiger partial charge in [-0.25, -0.2) is 9.78 Å². The van der Waals surface area contributed by atoms with Crippen molar-refractivity contribution in [2.24, 2.45) is 0 Å². The van der Waals surface area contributed by atoms with Crippen LogP contribution in [0.25, 0.3) is 0 Å². The zero-order chi connectivity index (χ0) is 17.2. The van der Waals surface area contributed by atoms with Crippen molar-refractivity contribution >= 4 is 22.5 Å². The highest BCUT2D eigenvalue weighted by molar-refractivity contribution is 7.15. The predicted molar refractivity (Wildman–Crippen MR) is 98.5 cm³/mol. The smallest absolute Gasteiger partial charge is 0.321 e. The third kappa shape index (κ3) is 3.94. The number of benzene rings is 1. The van der Waals surface area contributed by atoms with Crippen molar-refractivity contribution in [1.29, 1.82) is 0 Å². The van der Waals surface area contributed by atoms with Gasteiger partial charge >= 0.3 is 6.03 Å². The Kier molecular flexibility index (Phi) is 4.87. The fraction of sp³-hybridized carbons (Fsp3) is 0.444. The maximum absolute atomic E-state index is 12.1. The molecule has 1 aliphatic heterocycles. The molecule has 1 aromatic carbocycles. The van der Waals surface area contributed by atoms with Gasteiger partial charge in [-0.05, 0) is 38.3 Å². The number of thiazole rings is 1. The van der Waals surface area contributed by atoms with Crippen LogP contribution >= 0.6 is 11.3 Å². The minimum atomic E-state index is -0.199. The van der Waals surface area contributed by atoms with Crippen LogP contribution in [0.3, 0.4) is 0 Å². The molecule has 2 N–H and O–H groups in total. The fourth-order valence-electron chi connectivity index (χ4n) is 2.97. The Morgan fingerprint density at radius 1 is 1.33 bits per heavy atom. The summed E-state index contributed by atoms with van der Waals surface area (Å²) in [5.41, 5.74) is 2.72. The molecule has 1 aliphatic rings. The van der Waals surface area contributed by atoms with Gasteiger partial charge in [0, 0.05) is 36.2 Å². The molecule has 3 rings (SSSR count). The first-order valence-corrected chi connectivity index (χ1v) is 9.05. The minimum absolute atomic E-state index is 0.107.